The van der Waals surface area contributed by atoms with Crippen LogP contribution in [-0.4, -0.2) is 24.0 Å². The second-order valence-corrected chi connectivity index (χ2v) is 5.00. The van der Waals surface area contributed by atoms with Crippen LogP contribution in [-0.2, 0) is 11.2 Å². The Bertz CT molecular complexity index is 308. The van der Waals surface area contributed by atoms with Crippen LogP contribution in [0.2, 0.25) is 0 Å². The van der Waals surface area contributed by atoms with E-state index < -0.39 is 5.41 Å². The number of rotatable bonds is 5. The molecule has 3 N–H and O–H groups in total. The number of nitrogens with zero attached hydrogens (tertiary/aromatic N) is 1. The Hall–Kier alpha value is -0.940. The Balaban J connectivity index is 2.29. The lowest BCUT2D eigenvalue weighted by Gasteiger charge is -2.20. The van der Waals surface area contributed by atoms with E-state index in [1.165, 1.54) is 0 Å². The highest BCUT2D eigenvalue weighted by molar-refractivity contribution is 7.09. The van der Waals surface area contributed by atoms with E-state index in [4.69, 9.17) is 5.73 Å². The summed E-state index contributed by atoms with van der Waals surface area (Å²) < 4.78 is 0. The number of thiazole rings is 1. The van der Waals surface area contributed by atoms with Gasteiger partial charge in [-0.2, -0.15) is 0 Å². The summed E-state index contributed by atoms with van der Waals surface area (Å²) in [6, 6.07) is 0. The van der Waals surface area contributed by atoms with Crippen LogP contribution in [0.4, 0.5) is 0 Å². The normalized spacial score (nSPS) is 11.4. The summed E-state index contributed by atoms with van der Waals surface area (Å²) in [5, 5.41) is 5.83. The van der Waals surface area contributed by atoms with Gasteiger partial charge in [0.25, 0.3) is 0 Å². The van der Waals surface area contributed by atoms with Crippen LogP contribution in [0.15, 0.2) is 11.6 Å². The third-order valence-electron chi connectivity index (χ3n) is 2.23. The highest BCUT2D eigenvalue weighted by Crippen LogP contribution is 2.12. The molecule has 1 aromatic rings. The minimum absolute atomic E-state index is 0.00144. The van der Waals surface area contributed by atoms with Crippen LogP contribution in [0.3, 0.4) is 0 Å². The highest BCUT2D eigenvalue weighted by atomic mass is 32.1. The predicted octanol–water partition coefficient (Wildman–Crippen LogP) is 0.787. The summed E-state index contributed by atoms with van der Waals surface area (Å²) in [5.74, 6) is 0.00144. The molecular weight excluding hydrogens is 210 g/mol. The van der Waals surface area contributed by atoms with Crippen LogP contribution in [0.1, 0.15) is 18.9 Å². The average molecular weight is 227 g/mol. The maximum atomic E-state index is 11.6. The molecule has 0 bridgehead atoms. The summed E-state index contributed by atoms with van der Waals surface area (Å²) >= 11 is 1.60. The number of nitrogens with two attached hydrogens (primary N) is 1. The number of nitrogens with one attached hydrogen (secondary N) is 1. The summed E-state index contributed by atoms with van der Waals surface area (Å²) in [6.07, 6.45) is 2.55. The number of amides is 1. The van der Waals surface area contributed by atoms with Gasteiger partial charge in [0.2, 0.25) is 5.91 Å². The number of carbonyl (C=O) groups excluding carboxylic acids is 1. The number of carbonyl (C=O) groups is 1. The van der Waals surface area contributed by atoms with Crippen LogP contribution >= 0.6 is 11.3 Å². The van der Waals surface area contributed by atoms with E-state index in [0.717, 1.165) is 11.4 Å². The maximum Gasteiger partial charge on any atom is 0.226 e. The summed E-state index contributed by atoms with van der Waals surface area (Å²) in [6.45, 7) is 4.66. The van der Waals surface area contributed by atoms with Crippen molar-refractivity contribution in [2.75, 3.05) is 13.1 Å². The van der Waals surface area contributed by atoms with Crippen molar-refractivity contribution >= 4 is 17.2 Å². The highest BCUT2D eigenvalue weighted by Gasteiger charge is 2.24. The van der Waals surface area contributed by atoms with Crippen LogP contribution < -0.4 is 11.1 Å². The average Bonchev–Trinajstić information content (AvgIpc) is 2.70. The molecule has 0 fully saturated rings. The fourth-order valence-corrected chi connectivity index (χ4v) is 1.61. The number of hydrogen-bond donors (Lipinski definition) is 2. The lowest BCUT2D eigenvalue weighted by molar-refractivity contribution is -0.128. The molecule has 0 aromatic carbocycles. The zero-order valence-electron chi connectivity index (χ0n) is 9.12. The largest absolute Gasteiger partial charge is 0.355 e. The molecule has 0 aliphatic heterocycles. The first-order valence-electron chi connectivity index (χ1n) is 4.93. The smallest absolute Gasteiger partial charge is 0.226 e. The van der Waals surface area contributed by atoms with Crippen molar-refractivity contribution in [1.29, 1.82) is 0 Å². The van der Waals surface area contributed by atoms with Gasteiger partial charge in [0.05, 0.1) is 10.4 Å². The molecule has 5 heteroatoms. The summed E-state index contributed by atoms with van der Waals surface area (Å²) in [7, 11) is 0. The number of hydrogen-bond acceptors (Lipinski definition) is 4. The fourth-order valence-electron chi connectivity index (χ4n) is 0.991. The van der Waals surface area contributed by atoms with Gasteiger partial charge in [0, 0.05) is 31.1 Å². The third-order valence-corrected chi connectivity index (χ3v) is 3.07. The number of aromatic nitrogens is 1. The molecule has 1 rings (SSSR count). The zero-order valence-corrected chi connectivity index (χ0v) is 9.93. The maximum absolute atomic E-state index is 11.6. The van der Waals surface area contributed by atoms with Gasteiger partial charge in [-0.05, 0) is 13.8 Å². The van der Waals surface area contributed by atoms with Gasteiger partial charge in [-0.1, -0.05) is 0 Å². The monoisotopic (exact) mass is 227 g/mol. The van der Waals surface area contributed by atoms with E-state index in [-0.39, 0.29) is 5.91 Å². The molecule has 15 heavy (non-hydrogen) atoms. The van der Waals surface area contributed by atoms with Gasteiger partial charge in [-0.25, -0.2) is 4.98 Å². The van der Waals surface area contributed by atoms with Crippen LogP contribution in [0.25, 0.3) is 0 Å². The zero-order chi connectivity index (χ0) is 11.3. The van der Waals surface area contributed by atoms with Crippen LogP contribution in [0.5, 0.6) is 0 Å². The quantitative estimate of drug-likeness (QED) is 0.781. The first-order chi connectivity index (χ1) is 7.06. The van der Waals surface area contributed by atoms with Crippen molar-refractivity contribution < 1.29 is 4.79 Å². The van der Waals surface area contributed by atoms with Crippen molar-refractivity contribution in [1.82, 2.24) is 10.3 Å². The van der Waals surface area contributed by atoms with E-state index in [1.807, 2.05) is 19.2 Å². The lowest BCUT2D eigenvalue weighted by atomic mass is 9.93. The molecule has 0 spiro atoms. The topological polar surface area (TPSA) is 68.0 Å². The van der Waals surface area contributed by atoms with Crippen molar-refractivity contribution in [3.05, 3.63) is 16.6 Å². The first-order valence-corrected chi connectivity index (χ1v) is 5.81. The molecular formula is C10H17N3OS. The molecule has 84 valence electrons. The fraction of sp³-hybridized carbons (Fsp3) is 0.600. The molecule has 4 nitrogen and oxygen atoms in total. The first kappa shape index (κ1) is 12.1. The predicted molar refractivity (Wildman–Crippen MR) is 61.7 cm³/mol. The molecule has 0 aliphatic rings. The second kappa shape index (κ2) is 5.23. The van der Waals surface area contributed by atoms with Crippen LogP contribution in [0, 0.1) is 5.41 Å². The summed E-state index contributed by atoms with van der Waals surface area (Å²) in [4.78, 5) is 15.8. The standard InChI is InChI=1S/C10H17N3OS/c1-10(2,7-11)9(14)13-4-3-8-12-5-6-15-8/h5-6H,3-4,7,11H2,1-2H3,(H,13,14). The van der Waals surface area contributed by atoms with E-state index >= 15 is 0 Å². The third kappa shape index (κ3) is 3.60. The van der Waals surface area contributed by atoms with E-state index in [9.17, 15) is 4.79 Å². The molecule has 0 unspecified atom stereocenters. The SMILES string of the molecule is CC(C)(CN)C(=O)NCCc1nccs1. The van der Waals surface area contributed by atoms with E-state index in [2.05, 4.69) is 10.3 Å². The molecule has 1 heterocycles. The molecule has 0 aliphatic carbocycles. The Morgan fingerprint density at radius 1 is 1.67 bits per heavy atom. The Labute approximate surface area is 93.9 Å². The van der Waals surface area contributed by atoms with Gasteiger partial charge in [-0.3, -0.25) is 4.79 Å². The molecule has 0 atom stereocenters. The lowest BCUT2D eigenvalue weighted by Crippen LogP contribution is -2.42. The minimum Gasteiger partial charge on any atom is -0.355 e. The van der Waals surface area contributed by atoms with Crippen molar-refractivity contribution in [2.45, 2.75) is 20.3 Å². The summed E-state index contributed by atoms with van der Waals surface area (Å²) in [5.41, 5.74) is 5.02. The van der Waals surface area contributed by atoms with Gasteiger partial charge < -0.3 is 11.1 Å². The Morgan fingerprint density at radius 3 is 2.93 bits per heavy atom. The molecule has 1 amide bonds. The Kier molecular flexibility index (Phi) is 4.23. The van der Waals surface area contributed by atoms with Gasteiger partial charge in [-0.15, -0.1) is 11.3 Å². The molecule has 0 saturated heterocycles. The minimum atomic E-state index is -0.483. The van der Waals surface area contributed by atoms with Gasteiger partial charge in [0.1, 0.15) is 0 Å². The van der Waals surface area contributed by atoms with E-state index in [0.29, 0.717) is 13.1 Å². The Morgan fingerprint density at radius 2 is 2.40 bits per heavy atom. The molecule has 0 radical (unpaired) electrons. The van der Waals surface area contributed by atoms with Gasteiger partial charge in [0.15, 0.2) is 0 Å². The van der Waals surface area contributed by atoms with Crippen molar-refractivity contribution in [3.8, 4) is 0 Å². The second-order valence-electron chi connectivity index (χ2n) is 4.02. The van der Waals surface area contributed by atoms with Gasteiger partial charge >= 0.3 is 0 Å². The van der Waals surface area contributed by atoms with Crippen molar-refractivity contribution in [3.63, 3.8) is 0 Å². The van der Waals surface area contributed by atoms with Crippen molar-refractivity contribution in [2.24, 2.45) is 11.1 Å². The molecule has 1 aromatic heterocycles. The van der Waals surface area contributed by atoms with E-state index in [1.54, 1.807) is 17.5 Å². The molecule has 0 saturated carbocycles.